The van der Waals surface area contributed by atoms with Gasteiger partial charge in [0.05, 0.1) is 22.3 Å². The fourth-order valence-corrected chi connectivity index (χ4v) is 5.37. The number of aryl methyl sites for hydroxylation is 1. The van der Waals surface area contributed by atoms with Crippen molar-refractivity contribution < 1.29 is 17.9 Å². The zero-order chi connectivity index (χ0) is 21.0. The van der Waals surface area contributed by atoms with E-state index >= 15 is 0 Å². The van der Waals surface area contributed by atoms with Crippen LogP contribution < -0.4 is 14.8 Å². The summed E-state index contributed by atoms with van der Waals surface area (Å²) >= 11 is 4.91. The number of amides is 1. The number of ether oxygens (including phenoxy) is 1. The van der Waals surface area contributed by atoms with Gasteiger partial charge in [-0.25, -0.2) is 8.42 Å². The molecule has 6 nitrogen and oxygen atoms in total. The quantitative estimate of drug-likeness (QED) is 0.504. The van der Waals surface area contributed by atoms with Crippen LogP contribution in [0.3, 0.4) is 0 Å². The molecule has 0 fully saturated rings. The highest BCUT2D eigenvalue weighted by atomic mass is 79.9. The Morgan fingerprint density at radius 1 is 1.10 bits per heavy atom. The number of anilines is 1. The van der Waals surface area contributed by atoms with E-state index in [0.717, 1.165) is 8.66 Å². The number of thiophene rings is 1. The lowest BCUT2D eigenvalue weighted by Gasteiger charge is -2.12. The van der Waals surface area contributed by atoms with Crippen LogP contribution in [0.15, 0.2) is 63.3 Å². The van der Waals surface area contributed by atoms with Gasteiger partial charge in [0.2, 0.25) is 0 Å². The first-order valence-electron chi connectivity index (χ1n) is 8.58. The third kappa shape index (κ3) is 5.37. The molecule has 0 bridgehead atoms. The Labute approximate surface area is 182 Å². The Morgan fingerprint density at radius 3 is 2.45 bits per heavy atom. The van der Waals surface area contributed by atoms with Gasteiger partial charge in [-0.1, -0.05) is 6.07 Å². The number of benzene rings is 2. The second kappa shape index (κ2) is 8.98. The highest BCUT2D eigenvalue weighted by molar-refractivity contribution is 9.11. The van der Waals surface area contributed by atoms with Crippen LogP contribution in [0, 0.1) is 6.92 Å². The lowest BCUT2D eigenvalue weighted by atomic mass is 10.1. The number of sulfonamides is 1. The molecule has 3 aromatic rings. The number of carbonyl (C=O) groups excluding carboxylic acids is 1. The molecule has 1 aromatic heterocycles. The molecule has 0 aliphatic heterocycles. The summed E-state index contributed by atoms with van der Waals surface area (Å²) in [6.45, 7) is 2.06. The van der Waals surface area contributed by atoms with Crippen molar-refractivity contribution in [3.05, 3.63) is 74.4 Å². The molecular formula is C20H19BrN2O4S2. The molecule has 2 N–H and O–H groups in total. The smallest absolute Gasteiger partial charge is 0.262 e. The summed E-state index contributed by atoms with van der Waals surface area (Å²) in [4.78, 5) is 13.5. The molecule has 0 unspecified atom stereocenters. The second-order valence-electron chi connectivity index (χ2n) is 6.20. The fourth-order valence-electron chi connectivity index (χ4n) is 2.62. The minimum Gasteiger partial charge on any atom is -0.497 e. The van der Waals surface area contributed by atoms with Crippen molar-refractivity contribution in [1.29, 1.82) is 0 Å². The van der Waals surface area contributed by atoms with Gasteiger partial charge in [0.25, 0.3) is 15.9 Å². The first-order valence-corrected chi connectivity index (χ1v) is 11.7. The summed E-state index contributed by atoms with van der Waals surface area (Å²) in [5.41, 5.74) is 1.23. The highest BCUT2D eigenvalue weighted by Gasteiger charge is 2.19. The fraction of sp³-hybridized carbons (Fsp3) is 0.150. The molecule has 29 heavy (non-hydrogen) atoms. The SMILES string of the molecule is COc1ccc(NS(=O)(=O)c2cc(C(=O)NCc3ccc(Br)s3)ccc2C)cc1. The Morgan fingerprint density at radius 2 is 1.83 bits per heavy atom. The maximum Gasteiger partial charge on any atom is 0.262 e. The average molecular weight is 495 g/mol. The first kappa shape index (κ1) is 21.4. The Balaban J connectivity index is 1.78. The van der Waals surface area contributed by atoms with Crippen molar-refractivity contribution in [3.63, 3.8) is 0 Å². The predicted octanol–water partition coefficient (Wildman–Crippen LogP) is 4.56. The molecule has 1 amide bonds. The van der Waals surface area contributed by atoms with Crippen molar-refractivity contribution in [2.75, 3.05) is 11.8 Å². The molecule has 152 valence electrons. The zero-order valence-electron chi connectivity index (χ0n) is 15.7. The maximum atomic E-state index is 12.9. The number of rotatable bonds is 7. The minimum atomic E-state index is -3.86. The molecule has 0 saturated carbocycles. The summed E-state index contributed by atoms with van der Waals surface area (Å²) in [7, 11) is -2.32. The summed E-state index contributed by atoms with van der Waals surface area (Å²) in [5.74, 6) is 0.288. The van der Waals surface area contributed by atoms with Gasteiger partial charge in [0.1, 0.15) is 5.75 Å². The van der Waals surface area contributed by atoms with E-state index in [1.54, 1.807) is 43.3 Å². The van der Waals surface area contributed by atoms with Gasteiger partial charge in [-0.2, -0.15) is 0 Å². The molecule has 9 heteroatoms. The van der Waals surface area contributed by atoms with E-state index in [-0.39, 0.29) is 16.4 Å². The molecule has 0 aliphatic rings. The van der Waals surface area contributed by atoms with Crippen LogP contribution >= 0.6 is 27.3 Å². The van der Waals surface area contributed by atoms with E-state index in [4.69, 9.17) is 4.74 Å². The van der Waals surface area contributed by atoms with E-state index in [0.29, 0.717) is 23.5 Å². The van der Waals surface area contributed by atoms with E-state index in [1.165, 1.54) is 24.5 Å². The Kier molecular flexibility index (Phi) is 6.61. The van der Waals surface area contributed by atoms with Crippen LogP contribution in [-0.2, 0) is 16.6 Å². The molecule has 2 aromatic carbocycles. The largest absolute Gasteiger partial charge is 0.497 e. The summed E-state index contributed by atoms with van der Waals surface area (Å²) in [5, 5.41) is 2.81. The van der Waals surface area contributed by atoms with Gasteiger partial charge >= 0.3 is 0 Å². The van der Waals surface area contributed by atoms with Crippen molar-refractivity contribution in [1.82, 2.24) is 5.32 Å². The van der Waals surface area contributed by atoms with Crippen LogP contribution in [0.5, 0.6) is 5.75 Å². The molecule has 0 spiro atoms. The number of methoxy groups -OCH3 is 1. The van der Waals surface area contributed by atoms with Gasteiger partial charge in [0.15, 0.2) is 0 Å². The van der Waals surface area contributed by atoms with Crippen molar-refractivity contribution in [3.8, 4) is 5.75 Å². The number of hydrogen-bond donors (Lipinski definition) is 2. The van der Waals surface area contributed by atoms with Crippen LogP contribution in [0.4, 0.5) is 5.69 Å². The number of carbonyl (C=O) groups is 1. The van der Waals surface area contributed by atoms with Crippen LogP contribution in [0.25, 0.3) is 0 Å². The molecule has 3 rings (SSSR count). The number of hydrogen-bond acceptors (Lipinski definition) is 5. The molecular weight excluding hydrogens is 476 g/mol. The monoisotopic (exact) mass is 494 g/mol. The lowest BCUT2D eigenvalue weighted by Crippen LogP contribution is -2.23. The number of halogens is 1. The van der Waals surface area contributed by atoms with E-state index in [9.17, 15) is 13.2 Å². The summed E-state index contributed by atoms with van der Waals surface area (Å²) in [6.07, 6.45) is 0. The highest BCUT2D eigenvalue weighted by Crippen LogP contribution is 2.24. The molecule has 1 heterocycles. The maximum absolute atomic E-state index is 12.9. The first-order chi connectivity index (χ1) is 13.8. The summed E-state index contributed by atoms with van der Waals surface area (Å²) in [6, 6.07) is 15.0. The van der Waals surface area contributed by atoms with Gasteiger partial charge in [-0.3, -0.25) is 9.52 Å². The number of nitrogens with one attached hydrogen (secondary N) is 2. The van der Waals surface area contributed by atoms with Crippen molar-refractivity contribution >= 4 is 48.9 Å². The van der Waals surface area contributed by atoms with Crippen LogP contribution in [0.2, 0.25) is 0 Å². The van der Waals surface area contributed by atoms with E-state index in [1.807, 2.05) is 12.1 Å². The third-order valence-electron chi connectivity index (χ3n) is 4.13. The van der Waals surface area contributed by atoms with Crippen LogP contribution in [-0.4, -0.2) is 21.4 Å². The van der Waals surface area contributed by atoms with Crippen molar-refractivity contribution in [2.24, 2.45) is 0 Å². The molecule has 0 atom stereocenters. The standard InChI is InChI=1S/C20H19BrN2O4S2/c1-13-3-4-14(20(24)22-12-17-9-10-19(21)28-17)11-18(13)29(25,26)23-15-5-7-16(27-2)8-6-15/h3-11,23H,12H2,1-2H3,(H,22,24). The lowest BCUT2D eigenvalue weighted by molar-refractivity contribution is 0.0951. The van der Waals surface area contributed by atoms with E-state index < -0.39 is 10.0 Å². The normalized spacial score (nSPS) is 11.1. The third-order valence-corrected chi connectivity index (χ3v) is 7.28. The van der Waals surface area contributed by atoms with Gasteiger partial charge in [0, 0.05) is 16.1 Å². The topological polar surface area (TPSA) is 84.5 Å². The predicted molar refractivity (Wildman–Crippen MR) is 118 cm³/mol. The van der Waals surface area contributed by atoms with Gasteiger partial charge in [-0.05, 0) is 76.9 Å². The van der Waals surface area contributed by atoms with Crippen LogP contribution in [0.1, 0.15) is 20.8 Å². The van der Waals surface area contributed by atoms with Crippen molar-refractivity contribution in [2.45, 2.75) is 18.4 Å². The van der Waals surface area contributed by atoms with Gasteiger partial charge in [-0.15, -0.1) is 11.3 Å². The summed E-state index contributed by atoms with van der Waals surface area (Å²) < 4.78 is 34.3. The molecule has 0 radical (unpaired) electrons. The Hall–Kier alpha value is -2.36. The zero-order valence-corrected chi connectivity index (χ0v) is 18.9. The molecule has 0 aliphatic carbocycles. The minimum absolute atomic E-state index is 0.0554. The Bertz CT molecular complexity index is 1130. The molecule has 0 saturated heterocycles. The average Bonchev–Trinajstić information content (AvgIpc) is 3.12. The second-order valence-corrected chi connectivity index (χ2v) is 10.4. The van der Waals surface area contributed by atoms with E-state index in [2.05, 4.69) is 26.0 Å². The van der Waals surface area contributed by atoms with Gasteiger partial charge < -0.3 is 10.1 Å².